The Morgan fingerprint density at radius 2 is 2.11 bits per heavy atom. The molecule has 0 radical (unpaired) electrons. The molecule has 1 aliphatic rings. The quantitative estimate of drug-likeness (QED) is 0.793. The third-order valence-corrected chi connectivity index (χ3v) is 4.04. The maximum Gasteiger partial charge on any atom is 0.254 e. The molecule has 2 rings (SSSR count). The normalized spacial score (nSPS) is 18.9. The van der Waals surface area contributed by atoms with Gasteiger partial charge in [0.1, 0.15) is 5.75 Å². The first kappa shape index (κ1) is 14.4. The van der Waals surface area contributed by atoms with E-state index in [0.29, 0.717) is 6.04 Å². The van der Waals surface area contributed by atoms with Gasteiger partial charge in [0, 0.05) is 23.5 Å². The summed E-state index contributed by atoms with van der Waals surface area (Å²) in [4.78, 5) is 14.4. The number of ether oxygens (including phenoxy) is 1. The fraction of sp³-hybridized carbons (Fsp3) is 0.533. The number of hydrogen-bond donors (Lipinski definition) is 0. The van der Waals surface area contributed by atoms with Gasteiger partial charge in [-0.1, -0.05) is 15.9 Å². The summed E-state index contributed by atoms with van der Waals surface area (Å²) in [6, 6.07) is 7.77. The number of hydrogen-bond acceptors (Lipinski definition) is 2. The second kappa shape index (κ2) is 6.42. The number of benzene rings is 1. The molecule has 3 nitrogen and oxygen atoms in total. The van der Waals surface area contributed by atoms with E-state index in [2.05, 4.69) is 15.9 Å². The van der Waals surface area contributed by atoms with Crippen molar-refractivity contribution < 1.29 is 9.53 Å². The summed E-state index contributed by atoms with van der Waals surface area (Å²) >= 11 is 3.48. The molecular formula is C15H20BrNO2. The summed E-state index contributed by atoms with van der Waals surface area (Å²) in [6.45, 7) is 4.84. The van der Waals surface area contributed by atoms with E-state index in [1.165, 1.54) is 0 Å². The highest BCUT2D eigenvalue weighted by Gasteiger charge is 2.28. The van der Waals surface area contributed by atoms with Crippen molar-refractivity contribution in [2.24, 2.45) is 0 Å². The molecule has 1 aromatic carbocycles. The minimum absolute atomic E-state index is 0.123. The second-order valence-corrected chi connectivity index (χ2v) is 5.79. The predicted octanol–water partition coefficient (Wildman–Crippen LogP) is 3.47. The number of alkyl halides is 1. The second-order valence-electron chi connectivity index (χ2n) is 5.14. The Balaban J connectivity index is 2.07. The van der Waals surface area contributed by atoms with Gasteiger partial charge in [-0.05, 0) is 51.0 Å². The van der Waals surface area contributed by atoms with Crippen molar-refractivity contribution >= 4 is 21.8 Å². The summed E-state index contributed by atoms with van der Waals surface area (Å²) in [5.41, 5.74) is 0.740. The van der Waals surface area contributed by atoms with Crippen molar-refractivity contribution in [2.45, 2.75) is 38.8 Å². The number of amides is 1. The standard InChI is InChI=1S/C15H20BrNO2/c1-11(2)19-14-7-5-12(6-8-14)15(18)17-9-3-4-13(17)10-16/h5-8,11,13H,3-4,9-10H2,1-2H3. The number of carbonyl (C=O) groups excluding carboxylic acids is 1. The predicted molar refractivity (Wildman–Crippen MR) is 80.1 cm³/mol. The lowest BCUT2D eigenvalue weighted by Crippen LogP contribution is -2.36. The Bertz CT molecular complexity index is 430. The summed E-state index contributed by atoms with van der Waals surface area (Å²) in [5, 5.41) is 0.854. The first-order valence-electron chi connectivity index (χ1n) is 6.75. The molecule has 19 heavy (non-hydrogen) atoms. The van der Waals surface area contributed by atoms with Crippen molar-refractivity contribution in [2.75, 3.05) is 11.9 Å². The van der Waals surface area contributed by atoms with Crippen molar-refractivity contribution in [1.29, 1.82) is 0 Å². The van der Waals surface area contributed by atoms with E-state index in [-0.39, 0.29) is 12.0 Å². The van der Waals surface area contributed by atoms with Crippen molar-refractivity contribution in [3.8, 4) is 5.75 Å². The Morgan fingerprint density at radius 3 is 2.68 bits per heavy atom. The van der Waals surface area contributed by atoms with E-state index in [0.717, 1.165) is 36.0 Å². The van der Waals surface area contributed by atoms with Crippen molar-refractivity contribution in [3.05, 3.63) is 29.8 Å². The van der Waals surface area contributed by atoms with Crippen LogP contribution in [0.25, 0.3) is 0 Å². The van der Waals surface area contributed by atoms with Gasteiger partial charge < -0.3 is 9.64 Å². The van der Waals surface area contributed by atoms with Crippen LogP contribution in [0.4, 0.5) is 0 Å². The van der Waals surface area contributed by atoms with Gasteiger partial charge in [0.15, 0.2) is 0 Å². The minimum atomic E-state index is 0.123. The molecule has 1 atom stereocenters. The summed E-state index contributed by atoms with van der Waals surface area (Å²) < 4.78 is 5.58. The van der Waals surface area contributed by atoms with Crippen LogP contribution in [0.3, 0.4) is 0 Å². The molecule has 1 heterocycles. The average molecular weight is 326 g/mol. The lowest BCUT2D eigenvalue weighted by molar-refractivity contribution is 0.0750. The average Bonchev–Trinajstić information content (AvgIpc) is 2.86. The van der Waals surface area contributed by atoms with Crippen LogP contribution >= 0.6 is 15.9 Å². The van der Waals surface area contributed by atoms with E-state index < -0.39 is 0 Å². The lowest BCUT2D eigenvalue weighted by atomic mass is 10.1. The van der Waals surface area contributed by atoms with E-state index in [4.69, 9.17) is 4.74 Å². The molecule has 1 amide bonds. The van der Waals surface area contributed by atoms with Crippen molar-refractivity contribution in [3.63, 3.8) is 0 Å². The Labute approximate surface area is 123 Å². The van der Waals surface area contributed by atoms with Gasteiger partial charge in [-0.2, -0.15) is 0 Å². The van der Waals surface area contributed by atoms with Gasteiger partial charge >= 0.3 is 0 Å². The van der Waals surface area contributed by atoms with Crippen LogP contribution in [-0.2, 0) is 0 Å². The minimum Gasteiger partial charge on any atom is -0.491 e. The highest BCUT2D eigenvalue weighted by molar-refractivity contribution is 9.09. The number of halogens is 1. The van der Waals surface area contributed by atoms with E-state index >= 15 is 0 Å². The maximum atomic E-state index is 12.4. The van der Waals surface area contributed by atoms with Crippen molar-refractivity contribution in [1.82, 2.24) is 4.90 Å². The molecule has 4 heteroatoms. The molecule has 104 valence electrons. The molecule has 1 aliphatic heterocycles. The Kier molecular flexibility index (Phi) is 4.86. The number of nitrogens with zero attached hydrogens (tertiary/aromatic N) is 1. The topological polar surface area (TPSA) is 29.5 Å². The molecule has 1 aromatic rings. The van der Waals surface area contributed by atoms with Crippen LogP contribution in [0.15, 0.2) is 24.3 Å². The molecule has 1 fully saturated rings. The van der Waals surface area contributed by atoms with Crippen LogP contribution in [0.2, 0.25) is 0 Å². The van der Waals surface area contributed by atoms with E-state index in [1.54, 1.807) is 0 Å². The zero-order chi connectivity index (χ0) is 13.8. The maximum absolute atomic E-state index is 12.4. The summed E-state index contributed by atoms with van der Waals surface area (Å²) in [6.07, 6.45) is 2.33. The Morgan fingerprint density at radius 1 is 1.42 bits per heavy atom. The van der Waals surface area contributed by atoms with E-state index in [9.17, 15) is 4.79 Å². The van der Waals surface area contributed by atoms with Crippen LogP contribution < -0.4 is 4.74 Å². The van der Waals surface area contributed by atoms with E-state index in [1.807, 2.05) is 43.0 Å². The van der Waals surface area contributed by atoms with Gasteiger partial charge in [-0.3, -0.25) is 4.79 Å². The van der Waals surface area contributed by atoms with Gasteiger partial charge in [0.2, 0.25) is 0 Å². The number of rotatable bonds is 4. The fourth-order valence-electron chi connectivity index (χ4n) is 2.38. The molecule has 0 bridgehead atoms. The molecule has 1 saturated heterocycles. The first-order valence-corrected chi connectivity index (χ1v) is 7.87. The highest BCUT2D eigenvalue weighted by Crippen LogP contribution is 2.22. The SMILES string of the molecule is CC(C)Oc1ccc(C(=O)N2CCCC2CBr)cc1. The molecule has 0 N–H and O–H groups in total. The molecule has 0 saturated carbocycles. The largest absolute Gasteiger partial charge is 0.491 e. The van der Waals surface area contributed by atoms with Gasteiger partial charge in [0.05, 0.1) is 6.10 Å². The van der Waals surface area contributed by atoms with Crippen LogP contribution in [0.5, 0.6) is 5.75 Å². The third kappa shape index (κ3) is 3.50. The van der Waals surface area contributed by atoms with Gasteiger partial charge in [0.25, 0.3) is 5.91 Å². The number of carbonyl (C=O) groups is 1. The first-order chi connectivity index (χ1) is 9.11. The highest BCUT2D eigenvalue weighted by atomic mass is 79.9. The zero-order valence-corrected chi connectivity index (χ0v) is 13.0. The molecule has 0 aromatic heterocycles. The molecular weight excluding hydrogens is 306 g/mol. The molecule has 1 unspecified atom stereocenters. The smallest absolute Gasteiger partial charge is 0.254 e. The van der Waals surface area contributed by atoms with Crippen LogP contribution in [0, 0.1) is 0 Å². The Hall–Kier alpha value is -1.03. The number of likely N-dealkylation sites (tertiary alicyclic amines) is 1. The fourth-order valence-corrected chi connectivity index (χ4v) is 3.05. The zero-order valence-electron chi connectivity index (χ0n) is 11.4. The molecule has 0 aliphatic carbocycles. The van der Waals surface area contributed by atoms with Gasteiger partial charge in [-0.15, -0.1) is 0 Å². The third-order valence-electron chi connectivity index (χ3n) is 3.29. The lowest BCUT2D eigenvalue weighted by Gasteiger charge is -2.23. The summed E-state index contributed by atoms with van der Waals surface area (Å²) in [7, 11) is 0. The molecule has 0 spiro atoms. The monoisotopic (exact) mass is 325 g/mol. The van der Waals surface area contributed by atoms with Crippen LogP contribution in [-0.4, -0.2) is 34.8 Å². The summed E-state index contributed by atoms with van der Waals surface area (Å²) in [5.74, 6) is 0.933. The van der Waals surface area contributed by atoms with Crippen LogP contribution in [0.1, 0.15) is 37.0 Å². The van der Waals surface area contributed by atoms with Gasteiger partial charge in [-0.25, -0.2) is 0 Å².